The van der Waals surface area contributed by atoms with E-state index in [9.17, 15) is 13.6 Å². The third-order valence-electron chi connectivity index (χ3n) is 4.48. The Labute approximate surface area is 160 Å². The van der Waals surface area contributed by atoms with Crippen molar-refractivity contribution in [1.29, 1.82) is 0 Å². The first-order valence-electron chi connectivity index (χ1n) is 8.63. The highest BCUT2D eigenvalue weighted by molar-refractivity contribution is 5.85. The van der Waals surface area contributed by atoms with E-state index in [1.165, 1.54) is 12.1 Å². The topological polar surface area (TPSA) is 51.7 Å². The van der Waals surface area contributed by atoms with Gasteiger partial charge >= 0.3 is 0 Å². The van der Waals surface area contributed by atoms with Gasteiger partial charge in [-0.3, -0.25) is 9.69 Å². The summed E-state index contributed by atoms with van der Waals surface area (Å²) >= 11 is 0. The molecular formula is C21H16F2N2O3. The van der Waals surface area contributed by atoms with E-state index in [-0.39, 0.29) is 5.82 Å². The zero-order valence-corrected chi connectivity index (χ0v) is 15.0. The van der Waals surface area contributed by atoms with Gasteiger partial charge in [0.2, 0.25) is 6.41 Å². The van der Waals surface area contributed by atoms with E-state index in [4.69, 9.17) is 9.47 Å². The molecule has 2 aromatic carbocycles. The van der Waals surface area contributed by atoms with E-state index in [1.54, 1.807) is 12.3 Å². The fourth-order valence-corrected chi connectivity index (χ4v) is 3.13. The summed E-state index contributed by atoms with van der Waals surface area (Å²) in [6, 6.07) is 10.4. The molecule has 2 heterocycles. The molecule has 142 valence electrons. The van der Waals surface area contributed by atoms with Crippen LogP contribution in [0, 0.1) is 18.6 Å². The molecular weight excluding hydrogens is 366 g/mol. The molecule has 1 aromatic heterocycles. The number of hydrogen-bond donors (Lipinski definition) is 0. The normalized spacial score (nSPS) is 12.5. The summed E-state index contributed by atoms with van der Waals surface area (Å²) in [5.41, 5.74) is 2.16. The second-order valence-electron chi connectivity index (χ2n) is 6.26. The highest BCUT2D eigenvalue weighted by atomic mass is 19.1. The Kier molecular flexibility index (Phi) is 4.65. The number of carbonyl (C=O) groups is 1. The fourth-order valence-electron chi connectivity index (χ4n) is 3.13. The molecule has 3 aromatic rings. The van der Waals surface area contributed by atoms with Gasteiger partial charge in [-0.1, -0.05) is 6.07 Å². The predicted molar refractivity (Wildman–Crippen MR) is 100.0 cm³/mol. The lowest BCUT2D eigenvalue weighted by Gasteiger charge is -2.21. The molecule has 0 bridgehead atoms. The third kappa shape index (κ3) is 3.15. The Balaban J connectivity index is 1.70. The molecule has 0 radical (unpaired) electrons. The standard InChI is InChI=1S/C21H16F2N2O3/c1-13-9-18-19(28-8-7-27-18)10-15(13)14-5-6-20(24-11-14)25(12-26)21-16(22)3-2-4-17(21)23/h2-6,9-12H,7-8H2,1H3. The molecule has 0 aliphatic carbocycles. The van der Waals surface area contributed by atoms with Crippen LogP contribution in [0.4, 0.5) is 20.3 Å². The first-order chi connectivity index (χ1) is 13.6. The smallest absolute Gasteiger partial charge is 0.220 e. The van der Waals surface area contributed by atoms with Gasteiger partial charge in [0.1, 0.15) is 36.4 Å². The first-order valence-corrected chi connectivity index (χ1v) is 8.63. The lowest BCUT2D eigenvalue weighted by molar-refractivity contribution is -0.106. The predicted octanol–water partition coefficient (Wildman–Crippen LogP) is 4.40. The molecule has 0 N–H and O–H groups in total. The molecule has 1 amide bonds. The number of hydrogen-bond acceptors (Lipinski definition) is 4. The molecule has 0 atom stereocenters. The van der Waals surface area contributed by atoms with Gasteiger partial charge in [-0.25, -0.2) is 13.8 Å². The number of benzene rings is 2. The molecule has 0 spiro atoms. The van der Waals surface area contributed by atoms with E-state index >= 15 is 0 Å². The van der Waals surface area contributed by atoms with Crippen molar-refractivity contribution in [3.05, 3.63) is 65.9 Å². The molecule has 0 saturated carbocycles. The average Bonchev–Trinajstić information content (AvgIpc) is 2.70. The van der Waals surface area contributed by atoms with Crippen molar-refractivity contribution in [2.45, 2.75) is 6.92 Å². The van der Waals surface area contributed by atoms with E-state index in [0.717, 1.165) is 33.7 Å². The Bertz CT molecular complexity index is 1020. The highest BCUT2D eigenvalue weighted by Crippen LogP contribution is 2.37. The number of aryl methyl sites for hydroxylation is 1. The van der Waals surface area contributed by atoms with Crippen LogP contribution in [-0.4, -0.2) is 24.6 Å². The van der Waals surface area contributed by atoms with Crippen molar-refractivity contribution in [2.75, 3.05) is 18.1 Å². The van der Waals surface area contributed by atoms with Gasteiger partial charge in [-0.15, -0.1) is 0 Å². The monoisotopic (exact) mass is 382 g/mol. The summed E-state index contributed by atoms with van der Waals surface area (Å²) in [6.07, 6.45) is 1.88. The Morgan fingerprint density at radius 2 is 1.71 bits per heavy atom. The van der Waals surface area contributed by atoms with Crippen molar-refractivity contribution in [3.63, 3.8) is 0 Å². The molecule has 1 aliphatic rings. The lowest BCUT2D eigenvalue weighted by atomic mass is 10.0. The number of ether oxygens (including phenoxy) is 2. The fraction of sp³-hybridized carbons (Fsp3) is 0.143. The summed E-state index contributed by atoms with van der Waals surface area (Å²) in [5.74, 6) is -0.239. The number of carbonyl (C=O) groups excluding carboxylic acids is 1. The van der Waals surface area contributed by atoms with Crippen molar-refractivity contribution >= 4 is 17.9 Å². The van der Waals surface area contributed by atoms with Crippen LogP contribution >= 0.6 is 0 Å². The summed E-state index contributed by atoms with van der Waals surface area (Å²) in [7, 11) is 0. The van der Waals surface area contributed by atoms with Crippen LogP contribution in [0.25, 0.3) is 11.1 Å². The SMILES string of the molecule is Cc1cc2c(cc1-c1ccc(N(C=O)c3c(F)cccc3F)nc1)OCCO2. The van der Waals surface area contributed by atoms with Crippen LogP contribution in [-0.2, 0) is 4.79 Å². The number of amides is 1. The second kappa shape index (κ2) is 7.26. The number of halogens is 2. The van der Waals surface area contributed by atoms with Gasteiger partial charge in [-0.05, 0) is 54.4 Å². The summed E-state index contributed by atoms with van der Waals surface area (Å²) in [4.78, 5) is 16.6. The Morgan fingerprint density at radius 1 is 1.04 bits per heavy atom. The maximum Gasteiger partial charge on any atom is 0.220 e. The number of rotatable bonds is 4. The zero-order chi connectivity index (χ0) is 19.7. The van der Waals surface area contributed by atoms with Crippen LogP contribution in [0.1, 0.15) is 5.56 Å². The first kappa shape index (κ1) is 17.9. The van der Waals surface area contributed by atoms with Crippen LogP contribution in [0.2, 0.25) is 0 Å². The van der Waals surface area contributed by atoms with E-state index < -0.39 is 17.3 Å². The van der Waals surface area contributed by atoms with Gasteiger partial charge in [0.15, 0.2) is 11.5 Å². The average molecular weight is 382 g/mol. The van der Waals surface area contributed by atoms with Crippen LogP contribution in [0.3, 0.4) is 0 Å². The number of aromatic nitrogens is 1. The van der Waals surface area contributed by atoms with E-state index in [0.29, 0.717) is 31.1 Å². The number of pyridine rings is 1. The maximum atomic E-state index is 14.0. The molecule has 0 saturated heterocycles. The zero-order valence-electron chi connectivity index (χ0n) is 15.0. The van der Waals surface area contributed by atoms with Gasteiger partial charge in [-0.2, -0.15) is 0 Å². The number of nitrogens with zero attached hydrogens (tertiary/aromatic N) is 2. The van der Waals surface area contributed by atoms with Crippen molar-refractivity contribution in [3.8, 4) is 22.6 Å². The Hall–Kier alpha value is -3.48. The molecule has 28 heavy (non-hydrogen) atoms. The van der Waals surface area contributed by atoms with E-state index in [1.807, 2.05) is 19.1 Å². The van der Waals surface area contributed by atoms with Crippen LogP contribution in [0.5, 0.6) is 11.5 Å². The van der Waals surface area contributed by atoms with Gasteiger partial charge in [0.05, 0.1) is 0 Å². The number of para-hydroxylation sites is 1. The second-order valence-corrected chi connectivity index (χ2v) is 6.26. The third-order valence-corrected chi connectivity index (χ3v) is 4.48. The molecule has 4 rings (SSSR count). The van der Waals surface area contributed by atoms with Crippen molar-refractivity contribution < 1.29 is 23.0 Å². The van der Waals surface area contributed by atoms with Gasteiger partial charge < -0.3 is 9.47 Å². The Morgan fingerprint density at radius 3 is 2.32 bits per heavy atom. The van der Waals surface area contributed by atoms with Crippen LogP contribution in [0.15, 0.2) is 48.7 Å². The van der Waals surface area contributed by atoms with Crippen molar-refractivity contribution in [2.24, 2.45) is 0 Å². The molecule has 0 fully saturated rings. The van der Waals surface area contributed by atoms with Crippen molar-refractivity contribution in [1.82, 2.24) is 4.98 Å². The minimum atomic E-state index is -0.847. The lowest BCUT2D eigenvalue weighted by Crippen LogP contribution is -2.18. The van der Waals surface area contributed by atoms with E-state index in [2.05, 4.69) is 4.98 Å². The number of anilines is 2. The quantitative estimate of drug-likeness (QED) is 0.628. The molecule has 5 nitrogen and oxygen atoms in total. The summed E-state index contributed by atoms with van der Waals surface area (Å²) in [6.45, 7) is 2.93. The van der Waals surface area contributed by atoms with Crippen LogP contribution < -0.4 is 14.4 Å². The minimum absolute atomic E-state index is 0.109. The summed E-state index contributed by atoms with van der Waals surface area (Å²) in [5, 5.41) is 0. The summed E-state index contributed by atoms with van der Waals surface area (Å²) < 4.78 is 39.3. The number of fused-ring (bicyclic) bond motifs is 1. The minimum Gasteiger partial charge on any atom is -0.486 e. The molecule has 1 aliphatic heterocycles. The largest absolute Gasteiger partial charge is 0.486 e. The highest BCUT2D eigenvalue weighted by Gasteiger charge is 2.20. The maximum absolute atomic E-state index is 14.0. The molecule has 0 unspecified atom stereocenters. The van der Waals surface area contributed by atoms with Gasteiger partial charge in [0.25, 0.3) is 0 Å². The molecule has 7 heteroatoms. The van der Waals surface area contributed by atoms with Gasteiger partial charge in [0, 0.05) is 11.8 Å².